The minimum atomic E-state index is -0.574. The maximum Gasteiger partial charge on any atom is 0.164 e. The van der Waals surface area contributed by atoms with Crippen LogP contribution in [-0.4, -0.2) is 19.5 Å². The summed E-state index contributed by atoms with van der Waals surface area (Å²) in [5.41, 5.74) is 15.9. The van der Waals surface area contributed by atoms with Gasteiger partial charge in [-0.05, 0) is 89.6 Å². The van der Waals surface area contributed by atoms with Gasteiger partial charge in [-0.2, -0.15) is 0 Å². The molecule has 0 radical (unpaired) electrons. The standard InChI is InChI=1S/C65H38N4/c1-4-17-39(18-5-1)42-33-35-52-58-45(42)25-14-28-49(58)64-50-29-15-26-46-47(63-67-61(40-19-6-2-7-20-40)66-62(68-63)41-21-8-3-9-22-41)34-36-53(59(46)50)65(52,64)54-37-38-57(48-27-16-30-51(64)60(48)54)69-55-31-12-10-23-43(55)44-24-11-13-32-56(44)69/h1-38H. The van der Waals surface area contributed by atoms with Crippen LogP contribution in [0.4, 0.5) is 0 Å². The van der Waals surface area contributed by atoms with Gasteiger partial charge in [-0.25, -0.2) is 15.0 Å². The SMILES string of the molecule is c1ccc(-c2nc(-c3ccccc3)nc(-c3ccc4c5c(cccc35)C35c6cccc7c(-c8ccccc8)ccc(c67)C43c3ccc(-n4c6ccccc6c6ccccc64)c4cccc5c34)n2)cc1. The lowest BCUT2D eigenvalue weighted by Gasteiger charge is -2.40. The Morgan fingerprint density at radius 3 is 1.17 bits per heavy atom. The largest absolute Gasteiger partial charge is 0.309 e. The quantitative estimate of drug-likeness (QED) is 0.173. The average molecular weight is 875 g/mol. The van der Waals surface area contributed by atoms with Crippen LogP contribution < -0.4 is 0 Å². The van der Waals surface area contributed by atoms with Crippen molar-refractivity contribution in [1.29, 1.82) is 0 Å². The highest BCUT2D eigenvalue weighted by molar-refractivity contribution is 6.18. The van der Waals surface area contributed by atoms with Gasteiger partial charge in [0.15, 0.2) is 17.5 Å². The highest BCUT2D eigenvalue weighted by Gasteiger charge is 2.70. The first-order chi connectivity index (χ1) is 34.2. The molecule has 0 bridgehead atoms. The molecule has 2 atom stereocenters. The molecule has 0 saturated carbocycles. The minimum absolute atomic E-state index is 0.574. The molecule has 3 aliphatic rings. The smallest absolute Gasteiger partial charge is 0.164 e. The van der Waals surface area contributed by atoms with Crippen LogP contribution in [-0.2, 0) is 10.8 Å². The second-order valence-corrected chi connectivity index (χ2v) is 18.9. The fourth-order valence-corrected chi connectivity index (χ4v) is 13.5. The predicted octanol–water partition coefficient (Wildman–Crippen LogP) is 15.4. The third-order valence-corrected chi connectivity index (χ3v) is 15.9. The third-order valence-electron chi connectivity index (χ3n) is 15.9. The van der Waals surface area contributed by atoms with E-state index in [1.165, 1.54) is 98.9 Å². The molecule has 0 N–H and O–H groups in total. The Bertz CT molecular complexity index is 4220. The Balaban J connectivity index is 1.02. The van der Waals surface area contributed by atoms with Gasteiger partial charge < -0.3 is 4.57 Å². The zero-order chi connectivity index (χ0) is 45.0. The van der Waals surface area contributed by atoms with Gasteiger partial charge in [0.25, 0.3) is 0 Å². The molecular weight excluding hydrogens is 837 g/mol. The molecule has 13 aromatic rings. The van der Waals surface area contributed by atoms with Gasteiger partial charge in [-0.15, -0.1) is 0 Å². The Morgan fingerprint density at radius 1 is 0.261 bits per heavy atom. The van der Waals surface area contributed by atoms with E-state index < -0.39 is 10.8 Å². The summed E-state index contributed by atoms with van der Waals surface area (Å²) in [5, 5.41) is 10.2. The fraction of sp³-hybridized carbons (Fsp3) is 0.0308. The molecule has 3 aliphatic carbocycles. The number of hydrogen-bond donors (Lipinski definition) is 0. The molecule has 0 spiro atoms. The number of para-hydroxylation sites is 2. The van der Waals surface area contributed by atoms with Gasteiger partial charge >= 0.3 is 0 Å². The maximum absolute atomic E-state index is 5.30. The van der Waals surface area contributed by atoms with Crippen LogP contribution in [0.5, 0.6) is 0 Å². The van der Waals surface area contributed by atoms with E-state index in [0.717, 1.165) is 22.1 Å². The van der Waals surface area contributed by atoms with E-state index in [9.17, 15) is 0 Å². The van der Waals surface area contributed by atoms with Crippen LogP contribution in [0.25, 0.3) is 105 Å². The molecule has 69 heavy (non-hydrogen) atoms. The summed E-state index contributed by atoms with van der Waals surface area (Å²) in [6, 6.07) is 84.9. The lowest BCUT2D eigenvalue weighted by atomic mass is 9.59. The summed E-state index contributed by atoms with van der Waals surface area (Å²) in [6.45, 7) is 0. The lowest BCUT2D eigenvalue weighted by Crippen LogP contribution is -2.42. The lowest BCUT2D eigenvalue weighted by molar-refractivity contribution is 0.492. The fourth-order valence-electron chi connectivity index (χ4n) is 13.5. The van der Waals surface area contributed by atoms with E-state index in [-0.39, 0.29) is 0 Å². The van der Waals surface area contributed by atoms with Gasteiger partial charge in [0.05, 0.1) is 27.6 Å². The van der Waals surface area contributed by atoms with Gasteiger partial charge in [0.2, 0.25) is 0 Å². The van der Waals surface area contributed by atoms with Gasteiger partial charge in [-0.1, -0.05) is 212 Å². The van der Waals surface area contributed by atoms with Crippen molar-refractivity contribution in [2.45, 2.75) is 10.8 Å². The van der Waals surface area contributed by atoms with Crippen molar-refractivity contribution in [2.75, 3.05) is 0 Å². The number of rotatable bonds is 5. The topological polar surface area (TPSA) is 43.6 Å². The van der Waals surface area contributed by atoms with Crippen molar-refractivity contribution in [2.24, 2.45) is 0 Å². The zero-order valence-electron chi connectivity index (χ0n) is 37.2. The van der Waals surface area contributed by atoms with Crippen LogP contribution in [0.3, 0.4) is 0 Å². The van der Waals surface area contributed by atoms with Crippen LogP contribution in [0, 0.1) is 0 Å². The third kappa shape index (κ3) is 4.48. The van der Waals surface area contributed by atoms with Crippen molar-refractivity contribution in [1.82, 2.24) is 19.5 Å². The number of benzene rings is 11. The first-order valence-electron chi connectivity index (χ1n) is 23.9. The van der Waals surface area contributed by atoms with Crippen molar-refractivity contribution < 1.29 is 0 Å². The van der Waals surface area contributed by atoms with Crippen molar-refractivity contribution in [3.63, 3.8) is 0 Å². The normalized spacial score (nSPS) is 17.1. The summed E-state index contributed by atoms with van der Waals surface area (Å²) in [5.74, 6) is 1.98. The summed E-state index contributed by atoms with van der Waals surface area (Å²) in [7, 11) is 0. The molecule has 318 valence electrons. The zero-order valence-corrected chi connectivity index (χ0v) is 37.2. The molecule has 11 aromatic carbocycles. The first kappa shape index (κ1) is 37.1. The molecular formula is C65H38N4. The van der Waals surface area contributed by atoms with E-state index >= 15 is 0 Å². The van der Waals surface area contributed by atoms with Gasteiger partial charge in [0.1, 0.15) is 0 Å². The first-order valence-corrected chi connectivity index (χ1v) is 23.9. The number of nitrogens with zero attached hydrogens (tertiary/aromatic N) is 4. The second kappa shape index (κ2) is 13.3. The summed E-state index contributed by atoms with van der Waals surface area (Å²) >= 11 is 0. The van der Waals surface area contributed by atoms with E-state index in [2.05, 4.69) is 199 Å². The van der Waals surface area contributed by atoms with Crippen molar-refractivity contribution in [3.05, 3.63) is 264 Å². The van der Waals surface area contributed by atoms with E-state index in [1.54, 1.807) is 0 Å². The molecule has 0 aliphatic heterocycles. The molecule has 4 heteroatoms. The Labute approximate surface area is 397 Å². The molecule has 4 nitrogen and oxygen atoms in total. The van der Waals surface area contributed by atoms with E-state index in [0.29, 0.717) is 17.5 Å². The molecule has 2 unspecified atom stereocenters. The van der Waals surface area contributed by atoms with Crippen molar-refractivity contribution in [3.8, 4) is 51.0 Å². The second-order valence-electron chi connectivity index (χ2n) is 18.9. The molecule has 2 aromatic heterocycles. The Morgan fingerprint density at radius 2 is 0.638 bits per heavy atom. The van der Waals surface area contributed by atoms with E-state index in [4.69, 9.17) is 15.0 Å². The highest BCUT2D eigenvalue weighted by Crippen LogP contribution is 2.76. The molecule has 0 saturated heterocycles. The van der Waals surface area contributed by atoms with Gasteiger partial charge in [-0.3, -0.25) is 0 Å². The van der Waals surface area contributed by atoms with E-state index in [1.807, 2.05) is 36.4 Å². The molecule has 16 rings (SSSR count). The Kier molecular flexibility index (Phi) is 7.18. The molecule has 0 fully saturated rings. The summed E-state index contributed by atoms with van der Waals surface area (Å²) < 4.78 is 2.50. The van der Waals surface area contributed by atoms with Crippen LogP contribution in [0.2, 0.25) is 0 Å². The summed E-state index contributed by atoms with van der Waals surface area (Å²) in [6.07, 6.45) is 0. The number of fused-ring (bicyclic) bond motifs is 3. The maximum atomic E-state index is 5.30. The van der Waals surface area contributed by atoms with Crippen LogP contribution in [0.1, 0.15) is 33.4 Å². The predicted molar refractivity (Wildman–Crippen MR) is 281 cm³/mol. The molecule has 2 heterocycles. The molecule has 0 amide bonds. The number of hydrogen-bond acceptors (Lipinski definition) is 3. The van der Waals surface area contributed by atoms with Gasteiger partial charge in [0, 0.05) is 32.8 Å². The monoisotopic (exact) mass is 874 g/mol. The Hall–Kier alpha value is -8.99. The summed E-state index contributed by atoms with van der Waals surface area (Å²) in [4.78, 5) is 15.7. The van der Waals surface area contributed by atoms with Crippen LogP contribution in [0.15, 0.2) is 231 Å². The average Bonchev–Trinajstić information content (AvgIpc) is 4.08. The highest BCUT2D eigenvalue weighted by atomic mass is 15.0. The van der Waals surface area contributed by atoms with Crippen LogP contribution >= 0.6 is 0 Å². The minimum Gasteiger partial charge on any atom is -0.309 e. The van der Waals surface area contributed by atoms with Crippen molar-refractivity contribution >= 4 is 54.1 Å². The number of aromatic nitrogens is 4.